The molecule has 14 heteroatoms. The highest BCUT2D eigenvalue weighted by molar-refractivity contribution is 7.20. The Kier molecular flexibility index (Phi) is 11.0. The molecule has 234 valence electrons. The average Bonchev–Trinajstić information content (AvgIpc) is 3.28. The van der Waals surface area contributed by atoms with Crippen LogP contribution in [-0.2, 0) is 26.4 Å². The first-order chi connectivity index (χ1) is 20.3. The number of aliphatic imine (C=N–C) groups is 1. The molecule has 2 atom stereocenters. The molecular weight excluding hydrogens is 583 g/mol. The second-order valence-corrected chi connectivity index (χ2v) is 11.4. The van der Waals surface area contributed by atoms with Crippen LogP contribution in [0, 0.1) is 12.7 Å². The Morgan fingerprint density at radius 3 is 2.58 bits per heavy atom. The van der Waals surface area contributed by atoms with Crippen molar-refractivity contribution in [2.45, 2.75) is 65.3 Å². The van der Waals surface area contributed by atoms with E-state index >= 15 is 0 Å². The number of methoxy groups -OCH3 is 1. The van der Waals surface area contributed by atoms with Crippen LogP contribution in [0.3, 0.4) is 0 Å². The minimum absolute atomic E-state index is 0.00465. The molecule has 0 saturated carbocycles. The van der Waals surface area contributed by atoms with Crippen molar-refractivity contribution in [1.29, 1.82) is 0 Å². The number of fused-ring (bicyclic) bond motifs is 1. The van der Waals surface area contributed by atoms with Gasteiger partial charge in [-0.1, -0.05) is 0 Å². The number of halogens is 1. The van der Waals surface area contributed by atoms with Gasteiger partial charge in [-0.25, -0.2) is 23.3 Å². The molecule has 0 aliphatic carbocycles. The van der Waals surface area contributed by atoms with Crippen molar-refractivity contribution in [1.82, 2.24) is 9.13 Å². The zero-order valence-electron chi connectivity index (χ0n) is 25.0. The van der Waals surface area contributed by atoms with Crippen LogP contribution in [0.4, 0.5) is 4.39 Å². The number of carbonyl (C=O) groups is 2. The number of carboxylic acids is 1. The fourth-order valence-corrected chi connectivity index (χ4v) is 5.64. The zero-order chi connectivity index (χ0) is 32.1. The van der Waals surface area contributed by atoms with Crippen molar-refractivity contribution < 1.29 is 33.3 Å². The number of rotatable bonds is 14. The Bertz CT molecular complexity index is 1640. The maximum Gasteiger partial charge on any atom is 0.348 e. The minimum Gasteiger partial charge on any atom is -0.496 e. The summed E-state index contributed by atoms with van der Waals surface area (Å²) in [5.41, 5.74) is 2.50. The van der Waals surface area contributed by atoms with E-state index in [0.29, 0.717) is 17.5 Å². The summed E-state index contributed by atoms with van der Waals surface area (Å²) >= 11 is 0.876. The first kappa shape index (κ1) is 33.6. The number of carboxylic acid groups (broad SMARTS) is 1. The Morgan fingerprint density at radius 2 is 1.98 bits per heavy atom. The van der Waals surface area contributed by atoms with Crippen LogP contribution in [-0.4, -0.2) is 65.3 Å². The summed E-state index contributed by atoms with van der Waals surface area (Å²) in [6.45, 7) is 7.80. The lowest BCUT2D eigenvalue weighted by Crippen LogP contribution is -2.52. The molecule has 0 radical (unpaired) electrons. The first-order valence-corrected chi connectivity index (χ1v) is 14.5. The second kappa shape index (κ2) is 14.1. The third kappa shape index (κ3) is 7.20. The quantitative estimate of drug-likeness (QED) is 0.156. The molecule has 0 aliphatic heterocycles. The molecule has 12 nitrogen and oxygen atoms in total. The summed E-state index contributed by atoms with van der Waals surface area (Å²) in [5, 5.41) is 9.93. The second-order valence-electron chi connectivity index (χ2n) is 10.4. The van der Waals surface area contributed by atoms with Crippen LogP contribution in [0.15, 0.2) is 32.8 Å². The van der Waals surface area contributed by atoms with Gasteiger partial charge in [0.2, 0.25) is 0 Å². The highest BCUT2D eigenvalue weighted by Gasteiger charge is 2.36. The molecule has 1 aromatic carbocycles. The molecule has 0 spiro atoms. The number of esters is 1. The van der Waals surface area contributed by atoms with Gasteiger partial charge in [0.1, 0.15) is 32.9 Å². The molecule has 3 aromatic rings. The van der Waals surface area contributed by atoms with Gasteiger partial charge in [0, 0.05) is 24.2 Å². The van der Waals surface area contributed by atoms with Crippen molar-refractivity contribution in [2.75, 3.05) is 26.9 Å². The first-order valence-electron chi connectivity index (χ1n) is 13.6. The number of aromatic nitrogens is 2. The molecule has 3 N–H and O–H groups in total. The number of aryl methyl sites for hydroxylation is 1. The molecule has 0 amide bonds. The fraction of sp³-hybridized carbons (Fsp3) is 0.483. The number of carbonyl (C=O) groups excluding carboxylic acids is 1. The van der Waals surface area contributed by atoms with Gasteiger partial charge in [0.05, 0.1) is 38.8 Å². The molecule has 2 aromatic heterocycles. The SMILES string of the molecule is CCOC(=O)c1sc2c(c1C)c(=O)n(C(C)(C)C(=O)O)c(=O)n2C[C@H](OCC/C=N/CC(C)N)c1cc(F)ccc1OC. The molecular formula is C29H37FN4O8S. The van der Waals surface area contributed by atoms with Crippen molar-refractivity contribution in [3.8, 4) is 5.75 Å². The number of ether oxygens (including phenoxy) is 3. The topological polar surface area (TPSA) is 164 Å². The monoisotopic (exact) mass is 620 g/mol. The smallest absolute Gasteiger partial charge is 0.348 e. The Balaban J connectivity index is 2.27. The van der Waals surface area contributed by atoms with E-state index in [2.05, 4.69) is 4.99 Å². The number of benzene rings is 1. The van der Waals surface area contributed by atoms with Gasteiger partial charge in [-0.15, -0.1) is 11.3 Å². The fourth-order valence-electron chi connectivity index (χ4n) is 4.45. The lowest BCUT2D eigenvalue weighted by molar-refractivity contribution is -0.146. The number of hydrogen-bond donors (Lipinski definition) is 2. The predicted octanol–water partition coefficient (Wildman–Crippen LogP) is 3.24. The molecule has 0 bridgehead atoms. The Morgan fingerprint density at radius 1 is 1.28 bits per heavy atom. The van der Waals surface area contributed by atoms with Crippen LogP contribution < -0.4 is 21.7 Å². The van der Waals surface area contributed by atoms with Crippen LogP contribution in [0.1, 0.15) is 61.0 Å². The molecule has 3 rings (SSSR count). The number of nitrogens with zero attached hydrogens (tertiary/aromatic N) is 3. The van der Waals surface area contributed by atoms with Gasteiger partial charge >= 0.3 is 17.6 Å². The minimum atomic E-state index is -1.95. The third-order valence-electron chi connectivity index (χ3n) is 6.73. The van der Waals surface area contributed by atoms with Crippen LogP contribution in [0.2, 0.25) is 0 Å². The van der Waals surface area contributed by atoms with Crippen molar-refractivity contribution in [3.05, 3.63) is 60.9 Å². The number of thiophene rings is 1. The maximum atomic E-state index is 14.5. The third-order valence-corrected chi connectivity index (χ3v) is 8.03. The number of nitrogens with two attached hydrogens (primary N) is 1. The van der Waals surface area contributed by atoms with Gasteiger partial charge in [0.15, 0.2) is 0 Å². The predicted molar refractivity (Wildman–Crippen MR) is 161 cm³/mol. The van der Waals surface area contributed by atoms with Gasteiger partial charge in [-0.3, -0.25) is 14.4 Å². The zero-order valence-corrected chi connectivity index (χ0v) is 25.8. The Hall–Kier alpha value is -3.88. The summed E-state index contributed by atoms with van der Waals surface area (Å²) in [6, 6.07) is 3.74. The van der Waals surface area contributed by atoms with Gasteiger partial charge < -0.3 is 25.1 Å². The van der Waals surface area contributed by atoms with E-state index in [9.17, 15) is 28.7 Å². The lowest BCUT2D eigenvalue weighted by atomic mass is 10.0. The normalized spacial score (nSPS) is 13.4. The summed E-state index contributed by atoms with van der Waals surface area (Å²) < 4.78 is 33.1. The van der Waals surface area contributed by atoms with Crippen LogP contribution in [0.5, 0.6) is 5.75 Å². The van der Waals surface area contributed by atoms with E-state index in [1.807, 2.05) is 6.92 Å². The number of hydrogen-bond acceptors (Lipinski definition) is 10. The van der Waals surface area contributed by atoms with E-state index in [0.717, 1.165) is 11.3 Å². The highest BCUT2D eigenvalue weighted by Crippen LogP contribution is 2.33. The van der Waals surface area contributed by atoms with Crippen molar-refractivity contribution in [3.63, 3.8) is 0 Å². The number of aliphatic carboxylic acids is 1. The average molecular weight is 621 g/mol. The lowest BCUT2D eigenvalue weighted by Gasteiger charge is -2.25. The summed E-state index contributed by atoms with van der Waals surface area (Å²) in [7, 11) is 1.41. The maximum absolute atomic E-state index is 14.5. The summed E-state index contributed by atoms with van der Waals surface area (Å²) in [6.07, 6.45) is 1.03. The van der Waals surface area contributed by atoms with Gasteiger partial charge in [-0.2, -0.15) is 0 Å². The van der Waals surface area contributed by atoms with E-state index in [1.54, 1.807) is 13.1 Å². The van der Waals surface area contributed by atoms with Crippen LogP contribution in [0.25, 0.3) is 10.2 Å². The molecule has 0 saturated heterocycles. The molecule has 0 fully saturated rings. The van der Waals surface area contributed by atoms with Crippen LogP contribution >= 0.6 is 11.3 Å². The molecule has 43 heavy (non-hydrogen) atoms. The molecule has 2 heterocycles. The van der Waals surface area contributed by atoms with Crippen molar-refractivity contribution in [2.24, 2.45) is 10.7 Å². The van der Waals surface area contributed by atoms with E-state index < -0.39 is 40.6 Å². The van der Waals surface area contributed by atoms with E-state index in [4.69, 9.17) is 19.9 Å². The summed E-state index contributed by atoms with van der Waals surface area (Å²) in [4.78, 5) is 57.1. The van der Waals surface area contributed by atoms with Gasteiger partial charge in [-0.05, 0) is 58.4 Å². The van der Waals surface area contributed by atoms with Gasteiger partial charge in [0.25, 0.3) is 5.56 Å². The van der Waals surface area contributed by atoms with E-state index in [1.165, 1.54) is 50.6 Å². The molecule has 0 aliphatic rings. The molecule has 1 unspecified atom stereocenters. The highest BCUT2D eigenvalue weighted by atomic mass is 32.1. The largest absolute Gasteiger partial charge is 0.496 e. The Labute approximate surface area is 251 Å². The summed E-state index contributed by atoms with van der Waals surface area (Å²) in [5.74, 6) is -2.39. The standard InChI is InChI=1S/C29H37FN4O8S/c1-7-41-26(36)23-17(3)22-24(35)34(29(4,5)27(37)38)28(39)33(25(22)43-23)15-21(42-12-8-11-32-14-16(2)31)19-13-18(30)9-10-20(19)40-6/h9-11,13,16,21H,7-8,12,14-15,31H2,1-6H3,(H,37,38)/b32-11+/t16?,21-/m0/s1. The van der Waals surface area contributed by atoms with E-state index in [-0.39, 0.29) is 57.8 Å². The van der Waals surface area contributed by atoms with Crippen molar-refractivity contribution >= 4 is 39.7 Å².